The van der Waals surface area contributed by atoms with Crippen LogP contribution in [0, 0.1) is 0 Å². The highest BCUT2D eigenvalue weighted by Crippen LogP contribution is 2.09. The molecule has 0 spiro atoms. The van der Waals surface area contributed by atoms with Gasteiger partial charge in [0, 0.05) is 0 Å². The van der Waals surface area contributed by atoms with Crippen molar-refractivity contribution in [1.29, 1.82) is 0 Å². The molecule has 13 heavy (non-hydrogen) atoms. The molecule has 0 aliphatic heterocycles. The number of rotatable bonds is 5. The molecule has 76 valence electrons. The van der Waals surface area contributed by atoms with Crippen molar-refractivity contribution in [2.75, 3.05) is 21.1 Å². The molecule has 3 nitrogen and oxygen atoms in total. The molecule has 0 aliphatic carbocycles. The second-order valence-electron chi connectivity index (χ2n) is 4.11. The van der Waals surface area contributed by atoms with E-state index < -0.39 is 0 Å². The average molecular weight is 185 g/mol. The summed E-state index contributed by atoms with van der Waals surface area (Å²) >= 11 is 0. The quantitative estimate of drug-likeness (QED) is 0.391. The highest BCUT2D eigenvalue weighted by molar-refractivity contribution is 5.89. The van der Waals surface area contributed by atoms with E-state index in [4.69, 9.17) is 5.73 Å². The number of quaternary nitrogens is 1. The van der Waals surface area contributed by atoms with Crippen molar-refractivity contribution in [1.82, 2.24) is 0 Å². The van der Waals surface area contributed by atoms with Crippen molar-refractivity contribution in [3.05, 3.63) is 11.8 Å². The van der Waals surface area contributed by atoms with Gasteiger partial charge in [0.2, 0.25) is 0 Å². The summed E-state index contributed by atoms with van der Waals surface area (Å²) in [7, 11) is 5.84. The Morgan fingerprint density at radius 3 is 2.23 bits per heavy atom. The number of unbranched alkanes of at least 4 members (excludes halogenated alkanes) is 2. The molecule has 0 radical (unpaired) electrons. The molecule has 0 aliphatic rings. The van der Waals surface area contributed by atoms with E-state index in [2.05, 4.69) is 6.92 Å². The number of nitrogens with zero attached hydrogens (tertiary/aromatic N) is 1. The molecule has 0 bridgehead atoms. The van der Waals surface area contributed by atoms with E-state index >= 15 is 0 Å². The largest absolute Gasteiger partial charge is 0.361 e. The zero-order chi connectivity index (χ0) is 10.5. The van der Waals surface area contributed by atoms with E-state index in [0.29, 0.717) is 10.2 Å². The molecule has 0 heterocycles. The molecule has 3 heteroatoms. The van der Waals surface area contributed by atoms with Gasteiger partial charge in [0.1, 0.15) is 0 Å². The Balaban J connectivity index is 4.43. The van der Waals surface area contributed by atoms with Crippen LogP contribution in [0.15, 0.2) is 11.8 Å². The Morgan fingerprint density at radius 2 is 1.92 bits per heavy atom. The summed E-state index contributed by atoms with van der Waals surface area (Å²) in [4.78, 5) is 11.1. The summed E-state index contributed by atoms with van der Waals surface area (Å²) in [6, 6.07) is 0. The van der Waals surface area contributed by atoms with Crippen molar-refractivity contribution in [3.8, 4) is 0 Å². The van der Waals surface area contributed by atoms with Crippen LogP contribution in [0.25, 0.3) is 0 Å². The number of hydrogen-bond donors (Lipinski definition) is 1. The van der Waals surface area contributed by atoms with E-state index in [0.717, 1.165) is 19.3 Å². The Labute approximate surface area is 80.8 Å². The molecular weight excluding hydrogens is 164 g/mol. The number of primary amides is 1. The van der Waals surface area contributed by atoms with Gasteiger partial charge in [-0.15, -0.1) is 0 Å². The fourth-order valence-electron chi connectivity index (χ4n) is 1.15. The van der Waals surface area contributed by atoms with Crippen molar-refractivity contribution in [2.45, 2.75) is 26.2 Å². The minimum Gasteiger partial charge on any atom is -0.361 e. The standard InChI is InChI=1S/C10H20N2O/c1-5-6-7-8-9(10(11)13)12(2,3)4/h8H,5-7H2,1-4H3,(H-,11,13)/p+1/b9-8+. The topological polar surface area (TPSA) is 43.1 Å². The van der Waals surface area contributed by atoms with Crippen LogP contribution in [0.1, 0.15) is 26.2 Å². The molecule has 0 saturated carbocycles. The zero-order valence-electron chi connectivity index (χ0n) is 9.13. The SMILES string of the molecule is CCCC/C=C(\C(N)=O)[N+](C)(C)C. The number of likely N-dealkylation sites (N-methyl/N-ethyl adjacent to an activating group) is 1. The van der Waals surface area contributed by atoms with Gasteiger partial charge < -0.3 is 5.73 Å². The molecule has 1 amide bonds. The molecule has 0 fully saturated rings. The average Bonchev–Trinajstić information content (AvgIpc) is 1.94. The summed E-state index contributed by atoms with van der Waals surface area (Å²) in [5.41, 5.74) is 5.97. The first kappa shape index (κ1) is 12.2. The zero-order valence-corrected chi connectivity index (χ0v) is 9.13. The molecule has 0 rings (SSSR count). The van der Waals surface area contributed by atoms with E-state index in [-0.39, 0.29) is 5.91 Å². The summed E-state index contributed by atoms with van der Waals surface area (Å²) in [6.07, 6.45) is 5.13. The van der Waals surface area contributed by atoms with Crippen LogP contribution in [-0.4, -0.2) is 31.5 Å². The number of carbonyl (C=O) groups excluding carboxylic acids is 1. The summed E-state index contributed by atoms with van der Waals surface area (Å²) < 4.78 is 0.499. The lowest BCUT2D eigenvalue weighted by atomic mass is 10.2. The second-order valence-corrected chi connectivity index (χ2v) is 4.11. The third-order valence-electron chi connectivity index (χ3n) is 1.87. The number of allylic oxidation sites excluding steroid dienone is 1. The van der Waals surface area contributed by atoms with Crippen molar-refractivity contribution in [2.24, 2.45) is 5.73 Å². The van der Waals surface area contributed by atoms with Gasteiger partial charge >= 0.3 is 5.91 Å². The van der Waals surface area contributed by atoms with Gasteiger partial charge in [-0.05, 0) is 18.9 Å². The molecule has 0 aromatic rings. The van der Waals surface area contributed by atoms with Gasteiger partial charge in [-0.2, -0.15) is 0 Å². The third kappa shape index (κ3) is 4.68. The molecule has 0 atom stereocenters. The molecule has 2 N–H and O–H groups in total. The third-order valence-corrected chi connectivity index (χ3v) is 1.87. The lowest BCUT2D eigenvalue weighted by Gasteiger charge is -2.24. The highest BCUT2D eigenvalue weighted by Gasteiger charge is 2.20. The van der Waals surface area contributed by atoms with Crippen LogP contribution in [0.4, 0.5) is 0 Å². The number of hydrogen-bond acceptors (Lipinski definition) is 1. The normalized spacial score (nSPS) is 13.1. The van der Waals surface area contributed by atoms with Gasteiger partial charge in [0.05, 0.1) is 21.1 Å². The Hall–Kier alpha value is -0.830. The summed E-state index contributed by atoms with van der Waals surface area (Å²) in [6.45, 7) is 2.13. The Kier molecular flexibility index (Phi) is 4.70. The minimum absolute atomic E-state index is 0.316. The van der Waals surface area contributed by atoms with E-state index in [1.165, 1.54) is 0 Å². The van der Waals surface area contributed by atoms with E-state index in [1.54, 1.807) is 0 Å². The van der Waals surface area contributed by atoms with Crippen LogP contribution in [0.3, 0.4) is 0 Å². The predicted octanol–water partition coefficient (Wildman–Crippen LogP) is 1.25. The predicted molar refractivity (Wildman–Crippen MR) is 54.8 cm³/mol. The summed E-state index contributed by atoms with van der Waals surface area (Å²) in [5, 5.41) is 0. The van der Waals surface area contributed by atoms with E-state index in [9.17, 15) is 4.79 Å². The van der Waals surface area contributed by atoms with Gasteiger partial charge in [0.15, 0.2) is 5.70 Å². The van der Waals surface area contributed by atoms with Crippen molar-refractivity contribution >= 4 is 5.91 Å². The smallest absolute Gasteiger partial charge is 0.302 e. The maximum atomic E-state index is 11.1. The lowest BCUT2D eigenvalue weighted by molar-refractivity contribution is -0.826. The minimum atomic E-state index is -0.316. The van der Waals surface area contributed by atoms with Gasteiger partial charge in [-0.25, -0.2) is 0 Å². The molecule has 0 unspecified atom stereocenters. The first-order valence-electron chi connectivity index (χ1n) is 4.71. The number of nitrogens with two attached hydrogens (primary N) is 1. The summed E-state index contributed by atoms with van der Waals surface area (Å²) in [5.74, 6) is -0.316. The Bertz CT molecular complexity index is 201. The maximum absolute atomic E-state index is 11.1. The van der Waals surface area contributed by atoms with Crippen LogP contribution >= 0.6 is 0 Å². The van der Waals surface area contributed by atoms with E-state index in [1.807, 2.05) is 27.2 Å². The molecule has 0 aromatic carbocycles. The van der Waals surface area contributed by atoms with Crippen LogP contribution in [-0.2, 0) is 4.79 Å². The van der Waals surface area contributed by atoms with Gasteiger partial charge in [0.25, 0.3) is 0 Å². The molecule has 0 aromatic heterocycles. The molecular formula is C10H21N2O+. The number of carbonyl (C=O) groups is 1. The van der Waals surface area contributed by atoms with Crippen LogP contribution < -0.4 is 5.73 Å². The monoisotopic (exact) mass is 185 g/mol. The van der Waals surface area contributed by atoms with Crippen molar-refractivity contribution < 1.29 is 9.28 Å². The maximum Gasteiger partial charge on any atom is 0.302 e. The first-order chi connectivity index (χ1) is 5.89. The van der Waals surface area contributed by atoms with Gasteiger partial charge in [-0.3, -0.25) is 9.28 Å². The fourth-order valence-corrected chi connectivity index (χ4v) is 1.15. The highest BCUT2D eigenvalue weighted by atomic mass is 16.1. The van der Waals surface area contributed by atoms with Gasteiger partial charge in [-0.1, -0.05) is 13.3 Å². The number of amides is 1. The lowest BCUT2D eigenvalue weighted by Crippen LogP contribution is -2.39. The molecule has 0 saturated heterocycles. The first-order valence-corrected chi connectivity index (χ1v) is 4.71. The second kappa shape index (κ2) is 5.02. The fraction of sp³-hybridized carbons (Fsp3) is 0.700. The van der Waals surface area contributed by atoms with Crippen molar-refractivity contribution in [3.63, 3.8) is 0 Å². The van der Waals surface area contributed by atoms with Crippen LogP contribution in [0.5, 0.6) is 0 Å². The van der Waals surface area contributed by atoms with Crippen LogP contribution in [0.2, 0.25) is 0 Å². The Morgan fingerprint density at radius 1 is 1.38 bits per heavy atom.